The minimum atomic E-state index is 0.201. The molecule has 7 heteroatoms. The van der Waals surface area contributed by atoms with Crippen molar-refractivity contribution in [2.24, 2.45) is 0 Å². The quantitative estimate of drug-likeness (QED) is 0.615. The molecule has 0 unspecified atom stereocenters. The van der Waals surface area contributed by atoms with Crippen molar-refractivity contribution in [3.63, 3.8) is 0 Å². The molecule has 154 valence electrons. The molecule has 2 N–H and O–H groups in total. The van der Waals surface area contributed by atoms with Crippen molar-refractivity contribution in [3.05, 3.63) is 47.5 Å². The van der Waals surface area contributed by atoms with Gasteiger partial charge in [-0.05, 0) is 41.5 Å². The van der Waals surface area contributed by atoms with E-state index in [-0.39, 0.29) is 6.79 Å². The van der Waals surface area contributed by atoms with Gasteiger partial charge in [-0.1, -0.05) is 6.07 Å². The zero-order chi connectivity index (χ0) is 20.9. The van der Waals surface area contributed by atoms with Crippen LogP contribution in [0, 0.1) is 11.3 Å². The number of aromatic nitrogens is 1. The third kappa shape index (κ3) is 2.76. The van der Waals surface area contributed by atoms with Crippen molar-refractivity contribution in [1.29, 1.82) is 5.26 Å². The third-order valence-corrected chi connectivity index (χ3v) is 6.04. The lowest BCUT2D eigenvalue weighted by Crippen LogP contribution is -2.44. The largest absolute Gasteiger partial charge is 0.490 e. The van der Waals surface area contributed by atoms with Crippen LogP contribution >= 0.6 is 0 Å². The number of pyridine rings is 1. The van der Waals surface area contributed by atoms with Gasteiger partial charge >= 0.3 is 0 Å². The van der Waals surface area contributed by atoms with Gasteiger partial charge < -0.3 is 18.9 Å². The normalized spacial score (nSPS) is 15.5. The van der Waals surface area contributed by atoms with E-state index in [4.69, 9.17) is 24.7 Å². The maximum absolute atomic E-state index is 9.90. The molecule has 31 heavy (non-hydrogen) atoms. The fourth-order valence-corrected chi connectivity index (χ4v) is 4.49. The number of rotatable bonds is 1. The highest BCUT2D eigenvalue weighted by Crippen LogP contribution is 2.42. The van der Waals surface area contributed by atoms with Crippen molar-refractivity contribution in [1.82, 2.24) is 0 Å². The average molecular weight is 414 g/mol. The Bertz CT molecular complexity index is 1280. The number of nitrogens with two attached hydrogens (primary N) is 1. The Morgan fingerprint density at radius 1 is 0.871 bits per heavy atom. The fourth-order valence-electron chi connectivity index (χ4n) is 4.49. The summed E-state index contributed by atoms with van der Waals surface area (Å²) in [4.78, 5) is 0. The first-order chi connectivity index (χ1) is 15.2. The van der Waals surface area contributed by atoms with Crippen molar-refractivity contribution in [3.8, 4) is 51.5 Å². The molecule has 4 heterocycles. The van der Waals surface area contributed by atoms with Crippen molar-refractivity contribution in [2.45, 2.75) is 19.4 Å². The summed E-state index contributed by atoms with van der Waals surface area (Å²) >= 11 is 0. The molecular weight excluding hydrogens is 394 g/mol. The van der Waals surface area contributed by atoms with Gasteiger partial charge in [0.2, 0.25) is 6.79 Å². The number of nitrogen functional groups attached to an aromatic ring is 1. The Morgan fingerprint density at radius 2 is 1.65 bits per heavy atom. The van der Waals surface area contributed by atoms with E-state index in [2.05, 4.69) is 12.1 Å². The molecule has 3 aliphatic rings. The Labute approximate surface area is 179 Å². The van der Waals surface area contributed by atoms with Gasteiger partial charge in [0.25, 0.3) is 5.82 Å². The number of hydrogen-bond donors (Lipinski definition) is 1. The number of ether oxygens (including phenoxy) is 4. The summed E-state index contributed by atoms with van der Waals surface area (Å²) in [6, 6.07) is 14.1. The van der Waals surface area contributed by atoms with Crippen LogP contribution in [0.4, 0.5) is 5.82 Å². The summed E-state index contributed by atoms with van der Waals surface area (Å²) in [5.41, 5.74) is 11.8. The lowest BCUT2D eigenvalue weighted by Gasteiger charge is -2.22. The molecule has 3 aromatic rings. The standard InChI is InChI=1S/C24H19N3O4/c25-12-18-16(14-2-3-20-21(8-14)31-13-30-20)10-19-17-11-23-22(28-6-1-7-29-23)9-15(17)4-5-27(19)24(18)26/h2-3,8-11,26H,1,4-7,13H2/p+1. The predicted octanol–water partition coefficient (Wildman–Crippen LogP) is 3.21. The topological polar surface area (TPSA) is 90.6 Å². The van der Waals surface area contributed by atoms with Gasteiger partial charge in [0, 0.05) is 24.0 Å². The molecule has 0 atom stereocenters. The highest BCUT2D eigenvalue weighted by molar-refractivity contribution is 5.80. The van der Waals surface area contributed by atoms with Crippen LogP contribution in [-0.2, 0) is 13.0 Å². The maximum Gasteiger partial charge on any atom is 0.291 e. The number of benzene rings is 2. The molecule has 0 spiro atoms. The molecule has 2 aromatic carbocycles. The van der Waals surface area contributed by atoms with Crippen molar-refractivity contribution >= 4 is 5.82 Å². The van der Waals surface area contributed by atoms with Crippen LogP contribution in [0.25, 0.3) is 22.4 Å². The molecule has 0 fully saturated rings. The minimum Gasteiger partial charge on any atom is -0.490 e. The van der Waals surface area contributed by atoms with Crippen LogP contribution < -0.4 is 29.2 Å². The molecule has 0 radical (unpaired) electrons. The maximum atomic E-state index is 9.90. The molecule has 0 saturated heterocycles. The summed E-state index contributed by atoms with van der Waals surface area (Å²) in [7, 11) is 0. The van der Waals surface area contributed by atoms with Crippen molar-refractivity contribution in [2.75, 3.05) is 25.7 Å². The second-order valence-electron chi connectivity index (χ2n) is 7.79. The Balaban J connectivity index is 1.56. The summed E-state index contributed by atoms with van der Waals surface area (Å²) < 4.78 is 24.8. The van der Waals surface area contributed by atoms with E-state index < -0.39 is 0 Å². The number of hydrogen-bond acceptors (Lipinski definition) is 6. The van der Waals surface area contributed by atoms with Crippen LogP contribution in [0.3, 0.4) is 0 Å². The molecule has 7 nitrogen and oxygen atoms in total. The van der Waals surface area contributed by atoms with Gasteiger partial charge in [0.05, 0.1) is 19.8 Å². The Kier molecular flexibility index (Phi) is 3.93. The van der Waals surface area contributed by atoms with Crippen LogP contribution in [0.5, 0.6) is 23.0 Å². The van der Waals surface area contributed by atoms with E-state index in [0.29, 0.717) is 42.6 Å². The van der Waals surface area contributed by atoms with E-state index >= 15 is 0 Å². The first-order valence-electron chi connectivity index (χ1n) is 10.3. The number of nitriles is 1. The Hall–Kier alpha value is -3.92. The summed E-state index contributed by atoms with van der Waals surface area (Å²) in [6.07, 6.45) is 1.67. The van der Waals surface area contributed by atoms with Gasteiger partial charge in [0.15, 0.2) is 23.0 Å². The van der Waals surface area contributed by atoms with Gasteiger partial charge in [0.1, 0.15) is 17.3 Å². The van der Waals surface area contributed by atoms with E-state index in [1.54, 1.807) is 0 Å². The molecule has 3 aliphatic heterocycles. The highest BCUT2D eigenvalue weighted by atomic mass is 16.7. The number of anilines is 1. The van der Waals surface area contributed by atoms with Gasteiger partial charge in [-0.2, -0.15) is 5.26 Å². The molecular formula is C24H20N3O4+. The van der Waals surface area contributed by atoms with Gasteiger partial charge in [-0.25, -0.2) is 4.57 Å². The lowest BCUT2D eigenvalue weighted by molar-refractivity contribution is -0.673. The second-order valence-corrected chi connectivity index (χ2v) is 7.79. The van der Waals surface area contributed by atoms with Crippen LogP contribution in [0.15, 0.2) is 36.4 Å². The number of fused-ring (bicyclic) bond motifs is 5. The number of nitrogens with zero attached hydrogens (tertiary/aromatic N) is 2. The van der Waals surface area contributed by atoms with E-state index in [1.807, 2.05) is 34.9 Å². The molecule has 6 rings (SSSR count). The van der Waals surface area contributed by atoms with Crippen LogP contribution in [0.1, 0.15) is 17.5 Å². The first-order valence-corrected chi connectivity index (χ1v) is 10.3. The van der Waals surface area contributed by atoms with Crippen molar-refractivity contribution < 1.29 is 23.5 Å². The van der Waals surface area contributed by atoms with Gasteiger partial charge in [-0.3, -0.25) is 5.73 Å². The molecule has 0 bridgehead atoms. The molecule has 1 aromatic heterocycles. The predicted molar refractivity (Wildman–Crippen MR) is 112 cm³/mol. The smallest absolute Gasteiger partial charge is 0.291 e. The summed E-state index contributed by atoms with van der Waals surface area (Å²) in [5, 5.41) is 9.90. The van der Waals surface area contributed by atoms with Crippen LogP contribution in [-0.4, -0.2) is 20.0 Å². The summed E-state index contributed by atoms with van der Waals surface area (Å²) in [6.45, 7) is 2.18. The van der Waals surface area contributed by atoms with E-state index in [0.717, 1.165) is 46.7 Å². The minimum absolute atomic E-state index is 0.201. The lowest BCUT2D eigenvalue weighted by atomic mass is 9.92. The van der Waals surface area contributed by atoms with E-state index in [1.165, 1.54) is 5.56 Å². The Morgan fingerprint density at radius 3 is 2.48 bits per heavy atom. The average Bonchev–Trinajstić information content (AvgIpc) is 3.14. The SMILES string of the molecule is N#Cc1c(-c2ccc3c(c2)OCO3)cc2[n+](c1N)CCc1cc3c(cc1-2)OCCCO3. The van der Waals surface area contributed by atoms with Crippen LogP contribution in [0.2, 0.25) is 0 Å². The first kappa shape index (κ1) is 17.9. The molecule has 0 saturated carbocycles. The monoisotopic (exact) mass is 414 g/mol. The fraction of sp³-hybridized carbons (Fsp3) is 0.250. The van der Waals surface area contributed by atoms with E-state index in [9.17, 15) is 5.26 Å². The van der Waals surface area contributed by atoms with Gasteiger partial charge in [-0.15, -0.1) is 0 Å². The molecule has 0 aliphatic carbocycles. The summed E-state index contributed by atoms with van der Waals surface area (Å²) in [5.74, 6) is 3.37. The molecule has 0 amide bonds. The second kappa shape index (κ2) is 6.81. The third-order valence-electron chi connectivity index (χ3n) is 6.04. The zero-order valence-electron chi connectivity index (χ0n) is 16.8. The highest BCUT2D eigenvalue weighted by Gasteiger charge is 2.29. The zero-order valence-corrected chi connectivity index (χ0v) is 16.8. The number of aryl methyl sites for hydroxylation is 1.